The first-order chi connectivity index (χ1) is 16.7. The van der Waals surface area contributed by atoms with E-state index in [4.69, 9.17) is 28.7 Å². The second kappa shape index (κ2) is 13.9. The number of hydrogen-bond acceptors (Lipinski definition) is 6. The molecule has 0 aliphatic rings. The van der Waals surface area contributed by atoms with E-state index in [1.165, 1.54) is 0 Å². The van der Waals surface area contributed by atoms with Gasteiger partial charge in [0.2, 0.25) is 17.7 Å². The van der Waals surface area contributed by atoms with Crippen LogP contribution >= 0.6 is 0 Å². The summed E-state index contributed by atoms with van der Waals surface area (Å²) in [6, 6.07) is 4.92. The van der Waals surface area contributed by atoms with Crippen LogP contribution in [0.5, 0.6) is 0 Å². The molecule has 0 saturated heterocycles. The smallest absolute Gasteiger partial charge is 0.243 e. The minimum atomic E-state index is -0.971. The van der Waals surface area contributed by atoms with Gasteiger partial charge in [-0.1, -0.05) is 18.2 Å². The van der Waals surface area contributed by atoms with Gasteiger partial charge in [-0.05, 0) is 50.3 Å². The van der Waals surface area contributed by atoms with Gasteiger partial charge in [-0.25, -0.2) is 0 Å². The molecule has 2 aromatic rings. The van der Waals surface area contributed by atoms with Crippen LogP contribution in [0.4, 0.5) is 0 Å². The van der Waals surface area contributed by atoms with Gasteiger partial charge < -0.3 is 44.3 Å². The molecule has 1 aromatic heterocycles. The Hall–Kier alpha value is -3.64. The van der Waals surface area contributed by atoms with Gasteiger partial charge in [-0.3, -0.25) is 19.4 Å². The first kappa shape index (κ1) is 27.6. The van der Waals surface area contributed by atoms with Crippen molar-refractivity contribution in [1.29, 1.82) is 0 Å². The third-order valence-corrected chi connectivity index (χ3v) is 5.64. The lowest BCUT2D eigenvalue weighted by Crippen LogP contribution is -2.56. The van der Waals surface area contributed by atoms with Crippen molar-refractivity contribution in [2.24, 2.45) is 33.7 Å². The van der Waals surface area contributed by atoms with E-state index in [-0.39, 0.29) is 12.4 Å². The molecule has 0 radical (unpaired) electrons. The molecule has 12 heteroatoms. The normalized spacial score (nSPS) is 13.5. The minimum Gasteiger partial charge on any atom is -0.370 e. The second-order valence-corrected chi connectivity index (χ2v) is 8.43. The predicted molar refractivity (Wildman–Crippen MR) is 136 cm³/mol. The van der Waals surface area contributed by atoms with Gasteiger partial charge >= 0.3 is 0 Å². The van der Waals surface area contributed by atoms with E-state index in [1.807, 2.05) is 24.3 Å². The molecule has 192 valence electrons. The van der Waals surface area contributed by atoms with E-state index in [0.717, 1.165) is 16.5 Å². The van der Waals surface area contributed by atoms with Gasteiger partial charge in [0.25, 0.3) is 0 Å². The molecular weight excluding hydrogens is 450 g/mol. The van der Waals surface area contributed by atoms with Crippen LogP contribution in [-0.4, -0.2) is 59.9 Å². The van der Waals surface area contributed by atoms with Crippen molar-refractivity contribution in [2.45, 2.75) is 56.7 Å². The van der Waals surface area contributed by atoms with Crippen molar-refractivity contribution in [3.05, 3.63) is 36.0 Å². The van der Waals surface area contributed by atoms with E-state index >= 15 is 0 Å². The van der Waals surface area contributed by atoms with E-state index < -0.39 is 35.8 Å². The van der Waals surface area contributed by atoms with E-state index in [2.05, 4.69) is 20.6 Å². The SMILES string of the molecule is NCCCC[C@H](NC(=O)[C@H](Cc1c[nH]c2ccccc12)NC(=O)[C@H](N)CCCN=C(N)N)C(N)=O. The lowest BCUT2D eigenvalue weighted by atomic mass is 10.0. The number of amides is 3. The summed E-state index contributed by atoms with van der Waals surface area (Å²) in [5.41, 5.74) is 29.4. The summed E-state index contributed by atoms with van der Waals surface area (Å²) in [7, 11) is 0. The van der Waals surface area contributed by atoms with Crippen molar-refractivity contribution in [1.82, 2.24) is 15.6 Å². The number of nitrogens with zero attached hydrogens (tertiary/aromatic N) is 1. The molecule has 13 N–H and O–H groups in total. The van der Waals surface area contributed by atoms with E-state index in [1.54, 1.807) is 6.20 Å². The molecule has 12 nitrogen and oxygen atoms in total. The Kier molecular flexibility index (Phi) is 11.0. The molecule has 35 heavy (non-hydrogen) atoms. The summed E-state index contributed by atoms with van der Waals surface area (Å²) in [6.45, 7) is 0.811. The summed E-state index contributed by atoms with van der Waals surface area (Å²) in [5.74, 6) is -1.70. The van der Waals surface area contributed by atoms with Crippen LogP contribution in [-0.2, 0) is 20.8 Å². The predicted octanol–water partition coefficient (Wildman–Crippen LogP) is -1.32. The van der Waals surface area contributed by atoms with Gasteiger partial charge in [-0.2, -0.15) is 0 Å². The number of guanidine groups is 1. The molecule has 2 rings (SSSR count). The number of primary amides is 1. The number of aliphatic imine (C=N–C) groups is 1. The van der Waals surface area contributed by atoms with E-state index in [9.17, 15) is 14.4 Å². The second-order valence-electron chi connectivity index (χ2n) is 8.43. The topological polar surface area (TPSA) is 234 Å². The largest absolute Gasteiger partial charge is 0.370 e. The van der Waals surface area contributed by atoms with Crippen LogP contribution in [0.1, 0.15) is 37.7 Å². The number of fused-ring (bicyclic) bond motifs is 1. The molecule has 0 unspecified atom stereocenters. The zero-order chi connectivity index (χ0) is 25.8. The number of rotatable bonds is 15. The molecule has 0 fully saturated rings. The molecule has 1 aromatic carbocycles. The number of hydrogen-bond donors (Lipinski definition) is 8. The quantitative estimate of drug-likeness (QED) is 0.0855. The fourth-order valence-electron chi connectivity index (χ4n) is 3.71. The number of carbonyl (C=O) groups excluding carboxylic acids is 3. The Morgan fingerprint density at radius 1 is 0.943 bits per heavy atom. The molecule has 0 aliphatic carbocycles. The summed E-state index contributed by atoms with van der Waals surface area (Å²) in [6.07, 6.45) is 4.49. The molecule has 0 bridgehead atoms. The number of para-hydroxylation sites is 1. The average Bonchev–Trinajstić information content (AvgIpc) is 3.23. The Bertz CT molecular complexity index is 1020. The molecule has 0 saturated carbocycles. The number of nitrogens with one attached hydrogen (secondary N) is 3. The third kappa shape index (κ3) is 8.91. The number of carbonyl (C=O) groups is 3. The number of nitrogens with two attached hydrogens (primary N) is 5. The van der Waals surface area contributed by atoms with Crippen LogP contribution in [0.15, 0.2) is 35.5 Å². The number of benzene rings is 1. The van der Waals surface area contributed by atoms with Crippen molar-refractivity contribution in [2.75, 3.05) is 13.1 Å². The van der Waals surface area contributed by atoms with Crippen molar-refractivity contribution < 1.29 is 14.4 Å². The first-order valence-corrected chi connectivity index (χ1v) is 11.7. The van der Waals surface area contributed by atoms with Crippen LogP contribution in [0.25, 0.3) is 10.9 Å². The summed E-state index contributed by atoms with van der Waals surface area (Å²) < 4.78 is 0. The first-order valence-electron chi connectivity index (χ1n) is 11.7. The lowest BCUT2D eigenvalue weighted by molar-refractivity contribution is -0.131. The van der Waals surface area contributed by atoms with Crippen LogP contribution in [0.3, 0.4) is 0 Å². The molecular formula is C23H37N9O3. The summed E-state index contributed by atoms with van der Waals surface area (Å²) in [5, 5.41) is 6.34. The number of aromatic amines is 1. The zero-order valence-electron chi connectivity index (χ0n) is 19.8. The van der Waals surface area contributed by atoms with Crippen LogP contribution < -0.4 is 39.3 Å². The van der Waals surface area contributed by atoms with E-state index in [0.29, 0.717) is 45.2 Å². The molecule has 0 aliphatic heterocycles. The maximum Gasteiger partial charge on any atom is 0.243 e. The highest BCUT2D eigenvalue weighted by Gasteiger charge is 2.28. The number of unbranched alkanes of at least 4 members (excludes halogenated alkanes) is 1. The maximum absolute atomic E-state index is 13.2. The highest BCUT2D eigenvalue weighted by atomic mass is 16.2. The standard InChI is InChI=1S/C23H37N9O3/c24-10-4-3-9-18(20(26)33)31-22(35)19(12-14-13-30-17-8-2-1-6-15(14)17)32-21(34)16(25)7-5-11-29-23(27)28/h1-2,6,8,13,16,18-19,30H,3-5,7,9-12,24-25H2,(H2,26,33)(H,31,35)(H,32,34)(H4,27,28,29)/t16-,18+,19+/m1/s1. The fourth-order valence-corrected chi connectivity index (χ4v) is 3.71. The molecule has 3 amide bonds. The number of H-pyrrole nitrogens is 1. The van der Waals surface area contributed by atoms with Crippen LogP contribution in [0.2, 0.25) is 0 Å². The maximum atomic E-state index is 13.2. The minimum absolute atomic E-state index is 0.0334. The van der Waals surface area contributed by atoms with Gasteiger partial charge in [0.1, 0.15) is 12.1 Å². The van der Waals surface area contributed by atoms with Gasteiger partial charge in [0.05, 0.1) is 6.04 Å². The number of aromatic nitrogens is 1. The molecule has 0 spiro atoms. The van der Waals surface area contributed by atoms with Crippen molar-refractivity contribution in [3.63, 3.8) is 0 Å². The van der Waals surface area contributed by atoms with Crippen molar-refractivity contribution in [3.8, 4) is 0 Å². The Labute approximate surface area is 204 Å². The Balaban J connectivity index is 2.14. The Morgan fingerprint density at radius 2 is 1.66 bits per heavy atom. The van der Waals surface area contributed by atoms with Gasteiger partial charge in [0, 0.05) is 30.1 Å². The molecule has 3 atom stereocenters. The lowest BCUT2D eigenvalue weighted by Gasteiger charge is -2.23. The monoisotopic (exact) mass is 487 g/mol. The van der Waals surface area contributed by atoms with Gasteiger partial charge in [0.15, 0.2) is 5.96 Å². The van der Waals surface area contributed by atoms with Crippen molar-refractivity contribution >= 4 is 34.6 Å². The van der Waals surface area contributed by atoms with Gasteiger partial charge in [-0.15, -0.1) is 0 Å². The fraction of sp³-hybridized carbons (Fsp3) is 0.478. The highest BCUT2D eigenvalue weighted by molar-refractivity contribution is 5.93. The summed E-state index contributed by atoms with van der Waals surface area (Å²) in [4.78, 5) is 44.9. The Morgan fingerprint density at radius 3 is 2.34 bits per heavy atom. The average molecular weight is 488 g/mol. The molecule has 1 heterocycles. The third-order valence-electron chi connectivity index (χ3n) is 5.64. The van der Waals surface area contributed by atoms with Crippen LogP contribution in [0, 0.1) is 0 Å². The summed E-state index contributed by atoms with van der Waals surface area (Å²) >= 11 is 0. The highest BCUT2D eigenvalue weighted by Crippen LogP contribution is 2.19. The zero-order valence-corrected chi connectivity index (χ0v) is 19.8.